The molecule has 2 aromatic heterocycles. The minimum atomic E-state index is -0.676. The number of nitrogens with zero attached hydrogens (tertiary/aromatic N) is 8. The van der Waals surface area contributed by atoms with Crippen LogP contribution in [0.4, 0.5) is 17.3 Å². The summed E-state index contributed by atoms with van der Waals surface area (Å²) in [6.45, 7) is 6.99. The second kappa shape index (κ2) is 20.5. The quantitative estimate of drug-likeness (QED) is 0.0755. The van der Waals surface area contributed by atoms with E-state index < -0.39 is 11.9 Å². The fraction of sp³-hybridized carbons (Fsp3) is 0.479. The lowest BCUT2D eigenvalue weighted by atomic mass is 9.79. The molecule has 0 bridgehead atoms. The van der Waals surface area contributed by atoms with Crippen molar-refractivity contribution in [2.75, 3.05) is 67.5 Å². The monoisotopic (exact) mass is 930 g/mol. The van der Waals surface area contributed by atoms with E-state index in [0.29, 0.717) is 24.9 Å². The number of nitrogens with one attached hydrogen (secondary N) is 3. The molecule has 9 rings (SSSR count). The Balaban J connectivity index is 0.636. The number of fused-ring (bicyclic) bond motifs is 1. The third kappa shape index (κ3) is 10.9. The van der Waals surface area contributed by atoms with Crippen LogP contribution in [0, 0.1) is 11.3 Å². The number of aliphatic hydroxyl groups is 1. The largest absolute Gasteiger partial charge is 0.396 e. The van der Waals surface area contributed by atoms with E-state index in [-0.39, 0.29) is 72.8 Å². The Morgan fingerprint density at radius 2 is 1.78 bits per heavy atom. The van der Waals surface area contributed by atoms with Gasteiger partial charge in [0.05, 0.1) is 12.4 Å². The molecule has 3 atom stereocenters. The molecule has 0 radical (unpaired) electrons. The van der Waals surface area contributed by atoms with Crippen LogP contribution in [-0.4, -0.2) is 129 Å². The van der Waals surface area contributed by atoms with Gasteiger partial charge in [0.2, 0.25) is 17.7 Å². The summed E-state index contributed by atoms with van der Waals surface area (Å²) in [5.74, 6) is 0.239. The number of anilines is 3. The average Bonchev–Trinajstić information content (AvgIpc) is 3.91. The number of aromatic nitrogens is 4. The van der Waals surface area contributed by atoms with Crippen molar-refractivity contribution >= 4 is 58.6 Å². The van der Waals surface area contributed by atoms with Crippen molar-refractivity contribution in [2.24, 2.45) is 17.1 Å². The highest BCUT2D eigenvalue weighted by Crippen LogP contribution is 2.41. The van der Waals surface area contributed by atoms with E-state index >= 15 is 0 Å². The van der Waals surface area contributed by atoms with E-state index in [1.54, 1.807) is 30.6 Å². The zero-order chi connectivity index (χ0) is 46.5. The number of aliphatic hydroxyl groups excluding tert-OH is 1. The number of unbranched alkanes of at least 4 members (excludes halogenated alkanes) is 3. The zero-order valence-corrected chi connectivity index (χ0v) is 38.4. The van der Waals surface area contributed by atoms with Crippen molar-refractivity contribution in [2.45, 2.75) is 92.9 Å². The Kier molecular flexibility index (Phi) is 14.1. The maximum atomic E-state index is 13.0. The maximum absolute atomic E-state index is 13.0. The number of benzene rings is 2. The highest BCUT2D eigenvalue weighted by molar-refractivity contribution is 7.99. The molecule has 2 aromatic carbocycles. The molecule has 4 fully saturated rings. The number of rotatable bonds is 17. The summed E-state index contributed by atoms with van der Waals surface area (Å²) >= 11 is 1.49. The number of hydrogen-bond donors (Lipinski definition) is 5. The molecule has 1 spiro atoms. The summed E-state index contributed by atoms with van der Waals surface area (Å²) in [6, 6.07) is 16.0. The van der Waals surface area contributed by atoms with Gasteiger partial charge < -0.3 is 41.1 Å². The lowest BCUT2D eigenvalue weighted by Crippen LogP contribution is -2.57. The molecule has 5 aliphatic heterocycles. The van der Waals surface area contributed by atoms with E-state index in [9.17, 15) is 29.1 Å². The lowest BCUT2D eigenvalue weighted by Gasteiger charge is -2.48. The molecular weight excluding hydrogens is 873 g/mol. The number of carbonyl (C=O) groups excluding carboxylic acids is 5. The molecule has 18 nitrogen and oxygen atoms in total. The van der Waals surface area contributed by atoms with Gasteiger partial charge in [-0.3, -0.25) is 29.3 Å². The minimum absolute atomic E-state index is 0.00247. The highest BCUT2D eigenvalue weighted by atomic mass is 32.2. The Labute approximate surface area is 393 Å². The van der Waals surface area contributed by atoms with E-state index in [0.717, 1.165) is 116 Å². The summed E-state index contributed by atoms with van der Waals surface area (Å²) in [5.41, 5.74) is 9.49. The smallest absolute Gasteiger partial charge is 0.272 e. The van der Waals surface area contributed by atoms with Crippen molar-refractivity contribution < 1.29 is 29.1 Å². The zero-order valence-electron chi connectivity index (χ0n) is 37.6. The molecule has 7 heterocycles. The van der Waals surface area contributed by atoms with Crippen LogP contribution in [0.1, 0.15) is 89.8 Å². The first-order valence-corrected chi connectivity index (χ1v) is 24.2. The molecule has 19 heteroatoms. The molecule has 67 heavy (non-hydrogen) atoms. The first-order chi connectivity index (χ1) is 32.5. The molecule has 5 aliphatic rings. The number of nitrogens with two attached hydrogens (primary N) is 1. The first kappa shape index (κ1) is 46.1. The Bertz CT molecular complexity index is 2470. The van der Waals surface area contributed by atoms with E-state index in [1.165, 1.54) is 16.7 Å². The predicted octanol–water partition coefficient (Wildman–Crippen LogP) is 3.36. The summed E-state index contributed by atoms with van der Waals surface area (Å²) in [7, 11) is 0. The van der Waals surface area contributed by atoms with Gasteiger partial charge in [-0.2, -0.15) is 0 Å². The van der Waals surface area contributed by atoms with Crippen molar-refractivity contribution in [1.82, 2.24) is 40.6 Å². The van der Waals surface area contributed by atoms with Crippen molar-refractivity contribution in [3.8, 4) is 0 Å². The van der Waals surface area contributed by atoms with Gasteiger partial charge in [-0.1, -0.05) is 42.8 Å². The standard InChI is InChI=1S/C48H58N12O6S/c49-37-15-18-58(25-33(37)27-61)41-23-51-44(24-50-41)67-35-7-5-6-34(21-35)53-42(62)8-3-1-2-4-17-57-28-48(29-57)16-19-59(30-48)40-13-11-38(55-56-40)45(64)52-22-31-9-10-36-32(20-31)26-60(47(36)66)39-12-14-43(63)54-46(39)65/h5-7,9-11,13,20-21,23-24,33,37,39,61H,1-4,8,12,14-19,22,25-30,49H2,(H,52,64)(H,53,62)(H,54,63,65). The Morgan fingerprint density at radius 3 is 2.57 bits per heavy atom. The lowest BCUT2D eigenvalue weighted by molar-refractivity contribution is -0.137. The summed E-state index contributed by atoms with van der Waals surface area (Å²) < 4.78 is 0. The SMILES string of the molecule is NC1CCN(c2cnc(Sc3cccc(NC(=O)CCCCCCN4CC5(CCN(c6ccc(C(=O)NCc7ccc8c(c7)CN(C7CCC(=O)NC7=O)C8=O)nn6)C5)C4)c3)cn2)CC1CO. The van der Waals surface area contributed by atoms with Crippen LogP contribution in [-0.2, 0) is 27.5 Å². The molecule has 6 N–H and O–H groups in total. The van der Waals surface area contributed by atoms with Gasteiger partial charge in [-0.05, 0) is 86.2 Å². The maximum Gasteiger partial charge on any atom is 0.272 e. The summed E-state index contributed by atoms with van der Waals surface area (Å²) in [4.78, 5) is 81.4. The van der Waals surface area contributed by atoms with E-state index in [1.807, 2.05) is 36.4 Å². The Morgan fingerprint density at radius 1 is 0.910 bits per heavy atom. The van der Waals surface area contributed by atoms with Gasteiger partial charge in [0, 0.05) is 105 Å². The summed E-state index contributed by atoms with van der Waals surface area (Å²) in [6.07, 6.45) is 10.4. The third-order valence-electron chi connectivity index (χ3n) is 13.7. The number of hydrogen-bond acceptors (Lipinski definition) is 15. The van der Waals surface area contributed by atoms with Crippen LogP contribution in [0.3, 0.4) is 0 Å². The first-order valence-electron chi connectivity index (χ1n) is 23.4. The number of amides is 5. The van der Waals surface area contributed by atoms with Crippen molar-refractivity contribution in [3.63, 3.8) is 0 Å². The van der Waals surface area contributed by atoms with Crippen LogP contribution < -0.4 is 31.5 Å². The molecular formula is C48H58N12O6S. The second-order valence-corrected chi connectivity index (χ2v) is 19.7. The van der Waals surface area contributed by atoms with Crippen LogP contribution >= 0.6 is 11.8 Å². The van der Waals surface area contributed by atoms with Gasteiger partial charge in [-0.25, -0.2) is 9.97 Å². The van der Waals surface area contributed by atoms with Crippen LogP contribution in [0.5, 0.6) is 0 Å². The fourth-order valence-corrected chi connectivity index (χ4v) is 10.8. The van der Waals surface area contributed by atoms with Crippen molar-refractivity contribution in [3.05, 3.63) is 89.4 Å². The van der Waals surface area contributed by atoms with Gasteiger partial charge in [0.15, 0.2) is 11.5 Å². The van der Waals surface area contributed by atoms with Crippen LogP contribution in [0.15, 0.2) is 76.9 Å². The van der Waals surface area contributed by atoms with Gasteiger partial charge in [-0.15, -0.1) is 10.2 Å². The molecule has 5 amide bonds. The molecule has 352 valence electrons. The predicted molar refractivity (Wildman–Crippen MR) is 251 cm³/mol. The summed E-state index contributed by atoms with van der Waals surface area (Å²) in [5, 5.41) is 27.3. The fourth-order valence-electron chi connectivity index (χ4n) is 10.0. The van der Waals surface area contributed by atoms with Crippen LogP contribution in [0.2, 0.25) is 0 Å². The minimum Gasteiger partial charge on any atom is -0.396 e. The molecule has 4 aromatic rings. The number of likely N-dealkylation sites (tertiary alicyclic amines) is 1. The van der Waals surface area contributed by atoms with E-state index in [2.05, 4.69) is 50.8 Å². The van der Waals surface area contributed by atoms with Crippen molar-refractivity contribution in [1.29, 1.82) is 0 Å². The second-order valence-electron chi connectivity index (χ2n) is 18.6. The molecule has 0 saturated carbocycles. The normalized spacial score (nSPS) is 21.3. The molecule has 4 saturated heterocycles. The Hall–Kier alpha value is -6.02. The van der Waals surface area contributed by atoms with Crippen LogP contribution in [0.25, 0.3) is 0 Å². The molecule has 3 unspecified atom stereocenters. The average molecular weight is 931 g/mol. The highest BCUT2D eigenvalue weighted by Gasteiger charge is 2.47. The number of piperidine rings is 2. The number of carbonyl (C=O) groups is 5. The molecule has 0 aliphatic carbocycles. The number of imide groups is 1. The van der Waals surface area contributed by atoms with E-state index in [4.69, 9.17) is 5.73 Å². The topological polar surface area (TPSA) is 232 Å². The van der Waals surface area contributed by atoms with Gasteiger partial charge in [0.25, 0.3) is 11.8 Å². The third-order valence-corrected chi connectivity index (χ3v) is 14.6. The van der Waals surface area contributed by atoms with Gasteiger partial charge >= 0.3 is 0 Å². The van der Waals surface area contributed by atoms with Gasteiger partial charge in [0.1, 0.15) is 16.9 Å².